The van der Waals surface area contributed by atoms with E-state index in [9.17, 15) is 19.4 Å². The Balaban J connectivity index is 1.41. The van der Waals surface area contributed by atoms with Gasteiger partial charge in [-0.25, -0.2) is 9.37 Å². The third-order valence-electron chi connectivity index (χ3n) is 8.02. The van der Waals surface area contributed by atoms with Gasteiger partial charge in [0, 0.05) is 22.7 Å². The molecule has 0 radical (unpaired) electrons. The van der Waals surface area contributed by atoms with E-state index in [-0.39, 0.29) is 28.0 Å². The van der Waals surface area contributed by atoms with Crippen molar-refractivity contribution < 1.29 is 24.1 Å². The molecule has 5 aromatic rings. The van der Waals surface area contributed by atoms with Crippen molar-refractivity contribution in [3.05, 3.63) is 111 Å². The molecule has 0 spiro atoms. The molecule has 2 aromatic heterocycles. The number of carbonyl (C=O) groups excluding carboxylic acids is 1. The van der Waals surface area contributed by atoms with Crippen LogP contribution in [0.15, 0.2) is 72.9 Å². The number of methoxy groups -OCH3 is 1. The number of halogens is 3. The van der Waals surface area contributed by atoms with Crippen LogP contribution in [0.3, 0.4) is 0 Å². The number of hydrogen-bond acceptors (Lipinski definition) is 6. The van der Waals surface area contributed by atoms with Crippen molar-refractivity contribution in [2.45, 2.75) is 43.9 Å². The molecule has 1 amide bonds. The first-order chi connectivity index (χ1) is 21.4. The van der Waals surface area contributed by atoms with Crippen LogP contribution in [-0.4, -0.2) is 44.5 Å². The number of nitrogens with one attached hydrogen (secondary N) is 1. The van der Waals surface area contributed by atoms with Gasteiger partial charge in [0.15, 0.2) is 0 Å². The first kappa shape index (κ1) is 31.0. The molecule has 2 heterocycles. The molecule has 1 aliphatic rings. The minimum atomic E-state index is -1.87. The number of carbonyl (C=O) groups is 1. The molecule has 1 fully saturated rings. The Labute approximate surface area is 269 Å². The molecule has 45 heavy (non-hydrogen) atoms. The Hall–Kier alpha value is -4.02. The highest BCUT2D eigenvalue weighted by atomic mass is 35.5. The molecule has 1 atom stereocenters. The number of aromatic nitrogens is 3. The second kappa shape index (κ2) is 11.7. The standard InChI is InChI=1S/C34H31Cl2FN4O4/c1-33(2,43)22-15-26(24-11-12-25(37)30(36)29(24)35)39-28(16-22)34(44,21-7-5-4-6-8-21)18-38-32(42)19-13-20-17-41(23-9-10-23)40-31(20)27(14-19)45-3/h4-8,11-17,23,43-44H,9-10,18H2,1-3H3,(H,38,42)/t34-/m1/s1. The lowest BCUT2D eigenvalue weighted by atomic mass is 9.86. The summed E-state index contributed by atoms with van der Waals surface area (Å²) in [6.45, 7) is 2.90. The van der Waals surface area contributed by atoms with Gasteiger partial charge in [0.2, 0.25) is 0 Å². The Morgan fingerprint density at radius 1 is 1.04 bits per heavy atom. The molecule has 1 aliphatic carbocycles. The van der Waals surface area contributed by atoms with Crippen LogP contribution in [0.4, 0.5) is 4.39 Å². The summed E-state index contributed by atoms with van der Waals surface area (Å²) in [5.41, 5.74) is -0.699. The number of rotatable bonds is 9. The number of hydrogen-bond donors (Lipinski definition) is 3. The average molecular weight is 650 g/mol. The fraction of sp³-hybridized carbons (Fsp3) is 0.265. The minimum Gasteiger partial charge on any atom is -0.494 e. The summed E-state index contributed by atoms with van der Waals surface area (Å²) >= 11 is 12.5. The van der Waals surface area contributed by atoms with Gasteiger partial charge in [0.05, 0.1) is 46.7 Å². The van der Waals surface area contributed by atoms with E-state index in [1.54, 1.807) is 68.4 Å². The number of pyridine rings is 1. The molecule has 0 aliphatic heterocycles. The van der Waals surface area contributed by atoms with Gasteiger partial charge in [0.25, 0.3) is 5.91 Å². The molecule has 0 unspecified atom stereocenters. The summed E-state index contributed by atoms with van der Waals surface area (Å²) in [4.78, 5) is 18.3. The zero-order valence-electron chi connectivity index (χ0n) is 24.8. The van der Waals surface area contributed by atoms with Crippen molar-refractivity contribution in [1.29, 1.82) is 0 Å². The van der Waals surface area contributed by atoms with Gasteiger partial charge in [-0.1, -0.05) is 53.5 Å². The molecule has 3 aromatic carbocycles. The molecule has 6 rings (SSSR count). The SMILES string of the molecule is COc1cc(C(=O)NC[C@@](O)(c2ccccc2)c2cc(C(C)(C)O)cc(-c3ccc(F)c(Cl)c3Cl)n2)cc2cn(C3CC3)nc12. The fourth-order valence-electron chi connectivity index (χ4n) is 5.26. The normalized spacial score (nSPS) is 14.8. The van der Waals surface area contributed by atoms with Crippen LogP contribution in [0, 0.1) is 5.82 Å². The predicted octanol–water partition coefficient (Wildman–Crippen LogP) is 6.78. The van der Waals surface area contributed by atoms with Crippen molar-refractivity contribution in [3.63, 3.8) is 0 Å². The summed E-state index contributed by atoms with van der Waals surface area (Å²) in [6, 6.07) is 18.3. The van der Waals surface area contributed by atoms with Gasteiger partial charge in [-0.05, 0) is 74.2 Å². The molecule has 11 heteroatoms. The van der Waals surface area contributed by atoms with Crippen LogP contribution in [0.5, 0.6) is 5.75 Å². The van der Waals surface area contributed by atoms with Crippen LogP contribution >= 0.6 is 23.2 Å². The van der Waals surface area contributed by atoms with Gasteiger partial charge >= 0.3 is 0 Å². The Bertz CT molecular complexity index is 1920. The van der Waals surface area contributed by atoms with Gasteiger partial charge in [0.1, 0.15) is 22.7 Å². The van der Waals surface area contributed by atoms with E-state index in [2.05, 4.69) is 10.4 Å². The number of aliphatic hydroxyl groups is 2. The van der Waals surface area contributed by atoms with Gasteiger partial charge < -0.3 is 20.3 Å². The van der Waals surface area contributed by atoms with Gasteiger partial charge in [-0.15, -0.1) is 0 Å². The van der Waals surface area contributed by atoms with E-state index >= 15 is 0 Å². The molecule has 0 bridgehead atoms. The fourth-order valence-corrected chi connectivity index (χ4v) is 5.67. The summed E-state index contributed by atoms with van der Waals surface area (Å²) in [5.74, 6) is -0.673. The third-order valence-corrected chi connectivity index (χ3v) is 8.88. The smallest absolute Gasteiger partial charge is 0.251 e. The molecular weight excluding hydrogens is 618 g/mol. The monoisotopic (exact) mass is 648 g/mol. The summed E-state index contributed by atoms with van der Waals surface area (Å²) < 4.78 is 21.6. The second-order valence-corrected chi connectivity index (χ2v) is 12.5. The largest absolute Gasteiger partial charge is 0.494 e. The maximum Gasteiger partial charge on any atom is 0.251 e. The highest BCUT2D eigenvalue weighted by molar-refractivity contribution is 6.43. The van der Waals surface area contributed by atoms with Crippen LogP contribution in [0.25, 0.3) is 22.2 Å². The number of nitrogens with zero attached hydrogens (tertiary/aromatic N) is 3. The number of fused-ring (bicyclic) bond motifs is 1. The van der Waals surface area contributed by atoms with Gasteiger partial charge in [-0.2, -0.15) is 5.10 Å². The van der Waals surface area contributed by atoms with Crippen LogP contribution < -0.4 is 10.1 Å². The van der Waals surface area contributed by atoms with Crippen molar-refractivity contribution >= 4 is 40.0 Å². The van der Waals surface area contributed by atoms with Crippen LogP contribution in [0.2, 0.25) is 10.0 Å². The van der Waals surface area contributed by atoms with E-state index < -0.39 is 22.9 Å². The maximum absolute atomic E-state index is 14.2. The number of benzene rings is 3. The van der Waals surface area contributed by atoms with Crippen LogP contribution in [-0.2, 0) is 11.2 Å². The van der Waals surface area contributed by atoms with Gasteiger partial charge in [-0.3, -0.25) is 9.48 Å². The Morgan fingerprint density at radius 3 is 2.44 bits per heavy atom. The summed E-state index contributed by atoms with van der Waals surface area (Å²) in [6.07, 6.45) is 4.03. The average Bonchev–Trinajstić information content (AvgIpc) is 3.80. The highest BCUT2D eigenvalue weighted by Crippen LogP contribution is 2.39. The third kappa shape index (κ3) is 6.01. The molecule has 232 valence electrons. The van der Waals surface area contributed by atoms with E-state index in [1.807, 2.05) is 10.9 Å². The maximum atomic E-state index is 14.2. The van der Waals surface area contributed by atoms with Crippen molar-refractivity contribution in [1.82, 2.24) is 20.1 Å². The predicted molar refractivity (Wildman–Crippen MR) is 171 cm³/mol. The lowest BCUT2D eigenvalue weighted by Gasteiger charge is -2.31. The molecular formula is C34H31Cl2FN4O4. The molecule has 3 N–H and O–H groups in total. The first-order valence-corrected chi connectivity index (χ1v) is 15.2. The zero-order valence-corrected chi connectivity index (χ0v) is 26.3. The lowest BCUT2D eigenvalue weighted by molar-refractivity contribution is 0.0639. The summed E-state index contributed by atoms with van der Waals surface area (Å²) in [5, 5.41) is 31.4. The summed E-state index contributed by atoms with van der Waals surface area (Å²) in [7, 11) is 1.53. The zero-order chi connectivity index (χ0) is 32.1. The van der Waals surface area contributed by atoms with E-state index in [0.717, 1.165) is 18.2 Å². The lowest BCUT2D eigenvalue weighted by Crippen LogP contribution is -2.42. The van der Waals surface area contributed by atoms with E-state index in [0.29, 0.717) is 39.6 Å². The quantitative estimate of drug-likeness (QED) is 0.152. The molecule has 8 nitrogen and oxygen atoms in total. The van der Waals surface area contributed by atoms with Crippen molar-refractivity contribution in [2.75, 3.05) is 13.7 Å². The first-order valence-electron chi connectivity index (χ1n) is 14.4. The minimum absolute atomic E-state index is 0.0612. The van der Waals surface area contributed by atoms with E-state index in [1.165, 1.54) is 19.2 Å². The van der Waals surface area contributed by atoms with Crippen LogP contribution in [0.1, 0.15) is 59.9 Å². The topological polar surface area (TPSA) is 110 Å². The Kier molecular flexibility index (Phi) is 8.07. The van der Waals surface area contributed by atoms with Crippen molar-refractivity contribution in [2.24, 2.45) is 0 Å². The second-order valence-electron chi connectivity index (χ2n) is 11.8. The number of ether oxygens (including phenoxy) is 1. The molecule has 1 saturated carbocycles. The number of amides is 1. The van der Waals surface area contributed by atoms with Crippen molar-refractivity contribution in [3.8, 4) is 17.0 Å². The van der Waals surface area contributed by atoms with E-state index in [4.69, 9.17) is 32.9 Å². The Morgan fingerprint density at radius 2 is 1.78 bits per heavy atom. The molecule has 0 saturated heterocycles. The highest BCUT2D eigenvalue weighted by Gasteiger charge is 2.36.